The van der Waals surface area contributed by atoms with Gasteiger partial charge in [-0.3, -0.25) is 0 Å². The lowest BCUT2D eigenvalue weighted by molar-refractivity contribution is -0.177. The molecule has 0 saturated heterocycles. The Kier molecular flexibility index (Phi) is 4.00. The van der Waals surface area contributed by atoms with Crippen LogP contribution in [0.5, 0.6) is 0 Å². The van der Waals surface area contributed by atoms with Crippen molar-refractivity contribution in [1.82, 2.24) is 0 Å². The summed E-state index contributed by atoms with van der Waals surface area (Å²) in [6.45, 7) is 7.94. The molecule has 0 aromatic heterocycles. The molecule has 1 aliphatic rings. The van der Waals surface area contributed by atoms with E-state index in [-0.39, 0.29) is 11.3 Å². The molecule has 3 nitrogen and oxygen atoms in total. The number of rotatable bonds is 3. The first-order valence-electron chi connectivity index (χ1n) is 6.22. The summed E-state index contributed by atoms with van der Waals surface area (Å²) in [4.78, 5) is 11.8. The molecule has 94 valence electrons. The van der Waals surface area contributed by atoms with Gasteiger partial charge in [-0.2, -0.15) is 0 Å². The van der Waals surface area contributed by atoms with Gasteiger partial charge in [0, 0.05) is 5.92 Å². The predicted octanol–water partition coefficient (Wildman–Crippen LogP) is 2.52. The first-order chi connectivity index (χ1) is 7.32. The highest BCUT2D eigenvalue weighted by Gasteiger charge is 2.48. The average Bonchev–Trinajstić information content (AvgIpc) is 2.16. The Bertz CT molecular complexity index is 256. The SMILES string of the molecule is CCOC(=O)C(C)(O)C1CCCCC1(C)C. The zero-order chi connectivity index (χ0) is 12.4. The van der Waals surface area contributed by atoms with Crippen molar-refractivity contribution < 1.29 is 14.6 Å². The van der Waals surface area contributed by atoms with Gasteiger partial charge in [0.2, 0.25) is 0 Å². The molecule has 0 radical (unpaired) electrons. The summed E-state index contributed by atoms with van der Waals surface area (Å²) in [6.07, 6.45) is 4.23. The minimum Gasteiger partial charge on any atom is -0.464 e. The van der Waals surface area contributed by atoms with Crippen LogP contribution in [0.4, 0.5) is 0 Å². The number of carbonyl (C=O) groups is 1. The van der Waals surface area contributed by atoms with Gasteiger partial charge < -0.3 is 9.84 Å². The summed E-state index contributed by atoms with van der Waals surface area (Å²) in [5, 5.41) is 10.4. The van der Waals surface area contributed by atoms with Gasteiger partial charge in [-0.15, -0.1) is 0 Å². The summed E-state index contributed by atoms with van der Waals surface area (Å²) >= 11 is 0. The maximum atomic E-state index is 11.8. The summed E-state index contributed by atoms with van der Waals surface area (Å²) in [5.74, 6) is -0.484. The normalized spacial score (nSPS) is 28.2. The van der Waals surface area contributed by atoms with E-state index in [2.05, 4.69) is 13.8 Å². The first-order valence-corrected chi connectivity index (χ1v) is 6.22. The van der Waals surface area contributed by atoms with E-state index < -0.39 is 11.6 Å². The number of aliphatic hydroxyl groups is 1. The minimum atomic E-state index is -1.35. The molecule has 0 aliphatic heterocycles. The Balaban J connectivity index is 2.84. The van der Waals surface area contributed by atoms with E-state index >= 15 is 0 Å². The third-order valence-corrected chi connectivity index (χ3v) is 3.87. The fourth-order valence-electron chi connectivity index (χ4n) is 2.96. The maximum Gasteiger partial charge on any atom is 0.338 e. The largest absolute Gasteiger partial charge is 0.464 e. The third-order valence-electron chi connectivity index (χ3n) is 3.87. The van der Waals surface area contributed by atoms with Crippen LogP contribution < -0.4 is 0 Å². The highest BCUT2D eigenvalue weighted by Crippen LogP contribution is 2.46. The van der Waals surface area contributed by atoms with Gasteiger partial charge in [0.15, 0.2) is 5.60 Å². The molecule has 0 heterocycles. The summed E-state index contributed by atoms with van der Waals surface area (Å²) < 4.78 is 4.96. The summed E-state index contributed by atoms with van der Waals surface area (Å²) in [6, 6.07) is 0. The third kappa shape index (κ3) is 2.57. The van der Waals surface area contributed by atoms with Crippen molar-refractivity contribution >= 4 is 5.97 Å². The molecule has 1 N–H and O–H groups in total. The fraction of sp³-hybridized carbons (Fsp3) is 0.923. The van der Waals surface area contributed by atoms with Crippen molar-refractivity contribution in [2.75, 3.05) is 6.61 Å². The van der Waals surface area contributed by atoms with Crippen molar-refractivity contribution in [3.8, 4) is 0 Å². The van der Waals surface area contributed by atoms with Gasteiger partial charge in [-0.1, -0.05) is 26.7 Å². The maximum absolute atomic E-state index is 11.8. The second-order valence-corrected chi connectivity index (χ2v) is 5.65. The zero-order valence-corrected chi connectivity index (χ0v) is 10.9. The summed E-state index contributed by atoms with van der Waals surface area (Å²) in [7, 11) is 0. The van der Waals surface area contributed by atoms with Gasteiger partial charge >= 0.3 is 5.97 Å². The highest BCUT2D eigenvalue weighted by atomic mass is 16.5. The Hall–Kier alpha value is -0.570. The standard InChI is InChI=1S/C13H24O3/c1-5-16-11(14)13(4,15)10-8-6-7-9-12(10,2)3/h10,15H,5-9H2,1-4H3. The Morgan fingerprint density at radius 1 is 1.50 bits per heavy atom. The highest BCUT2D eigenvalue weighted by molar-refractivity contribution is 5.79. The lowest BCUT2D eigenvalue weighted by Crippen LogP contribution is -2.51. The van der Waals surface area contributed by atoms with Crippen LogP contribution in [0.1, 0.15) is 53.4 Å². The molecule has 16 heavy (non-hydrogen) atoms. The van der Waals surface area contributed by atoms with E-state index in [4.69, 9.17) is 4.74 Å². The number of ether oxygens (including phenoxy) is 1. The molecule has 1 saturated carbocycles. The van der Waals surface area contributed by atoms with Gasteiger partial charge in [-0.05, 0) is 32.1 Å². The first kappa shape index (κ1) is 13.5. The lowest BCUT2D eigenvalue weighted by atomic mass is 9.62. The molecule has 1 aliphatic carbocycles. The second kappa shape index (κ2) is 4.74. The molecule has 0 aromatic carbocycles. The van der Waals surface area contributed by atoms with Crippen LogP contribution in [0, 0.1) is 11.3 Å². The van der Waals surface area contributed by atoms with Crippen molar-refractivity contribution in [3.05, 3.63) is 0 Å². The fourth-order valence-corrected chi connectivity index (χ4v) is 2.96. The number of carbonyl (C=O) groups excluding carboxylic acids is 1. The molecule has 0 aromatic rings. The van der Waals surface area contributed by atoms with Crippen LogP contribution in [0.15, 0.2) is 0 Å². The molecule has 0 spiro atoms. The number of hydrogen-bond donors (Lipinski definition) is 1. The van der Waals surface area contributed by atoms with Crippen LogP contribution >= 0.6 is 0 Å². The predicted molar refractivity (Wildman–Crippen MR) is 63.0 cm³/mol. The van der Waals surface area contributed by atoms with E-state index in [1.807, 2.05) is 0 Å². The quantitative estimate of drug-likeness (QED) is 0.755. The molecule has 2 atom stereocenters. The van der Waals surface area contributed by atoms with Gasteiger partial charge in [0.1, 0.15) is 0 Å². The van der Waals surface area contributed by atoms with Gasteiger partial charge in [-0.25, -0.2) is 4.79 Å². The van der Waals surface area contributed by atoms with E-state index in [0.717, 1.165) is 19.3 Å². The van der Waals surface area contributed by atoms with Gasteiger partial charge in [0.05, 0.1) is 6.61 Å². The number of esters is 1. The zero-order valence-electron chi connectivity index (χ0n) is 10.9. The molecular weight excluding hydrogens is 204 g/mol. The van der Waals surface area contributed by atoms with E-state index in [9.17, 15) is 9.90 Å². The Morgan fingerprint density at radius 2 is 2.12 bits per heavy atom. The molecule has 2 unspecified atom stereocenters. The molecule has 0 amide bonds. The topological polar surface area (TPSA) is 46.5 Å². The summed E-state index contributed by atoms with van der Waals surface area (Å²) in [5.41, 5.74) is -1.34. The second-order valence-electron chi connectivity index (χ2n) is 5.65. The average molecular weight is 228 g/mol. The van der Waals surface area contributed by atoms with Crippen molar-refractivity contribution in [1.29, 1.82) is 0 Å². The van der Waals surface area contributed by atoms with Gasteiger partial charge in [0.25, 0.3) is 0 Å². The molecular formula is C13H24O3. The van der Waals surface area contributed by atoms with Crippen LogP contribution in [0.2, 0.25) is 0 Å². The molecule has 1 rings (SSSR count). The van der Waals surface area contributed by atoms with E-state index in [1.54, 1.807) is 13.8 Å². The van der Waals surface area contributed by atoms with Crippen LogP contribution in [-0.4, -0.2) is 23.3 Å². The van der Waals surface area contributed by atoms with Crippen LogP contribution in [0.25, 0.3) is 0 Å². The Labute approximate surface area is 98.2 Å². The molecule has 0 bridgehead atoms. The minimum absolute atomic E-state index is 0.00667. The van der Waals surface area contributed by atoms with E-state index in [0.29, 0.717) is 6.61 Å². The smallest absolute Gasteiger partial charge is 0.338 e. The van der Waals surface area contributed by atoms with Crippen molar-refractivity contribution in [2.24, 2.45) is 11.3 Å². The monoisotopic (exact) mass is 228 g/mol. The lowest BCUT2D eigenvalue weighted by Gasteiger charge is -2.45. The van der Waals surface area contributed by atoms with Crippen molar-refractivity contribution in [3.63, 3.8) is 0 Å². The number of hydrogen-bond acceptors (Lipinski definition) is 3. The molecule has 3 heteroatoms. The Morgan fingerprint density at radius 3 is 2.62 bits per heavy atom. The van der Waals surface area contributed by atoms with Crippen LogP contribution in [-0.2, 0) is 9.53 Å². The van der Waals surface area contributed by atoms with Crippen molar-refractivity contribution in [2.45, 2.75) is 59.0 Å². The van der Waals surface area contributed by atoms with Crippen LogP contribution in [0.3, 0.4) is 0 Å². The molecule has 1 fully saturated rings. The van der Waals surface area contributed by atoms with E-state index in [1.165, 1.54) is 6.42 Å².